The van der Waals surface area contributed by atoms with E-state index >= 15 is 0 Å². The van der Waals surface area contributed by atoms with Crippen LogP contribution in [-0.4, -0.2) is 0 Å². The lowest BCUT2D eigenvalue weighted by Crippen LogP contribution is -2.08. The normalized spacial score (nSPS) is 11.7. The monoisotopic (exact) mass is 222 g/mol. The highest BCUT2D eigenvalue weighted by atomic mass is 19.4. The van der Waals surface area contributed by atoms with Crippen molar-refractivity contribution < 1.29 is 13.2 Å². The Hall–Kier alpha value is -1.77. The second kappa shape index (κ2) is 3.67. The Bertz CT molecular complexity index is 538. The minimum Gasteiger partial charge on any atom is -0.166 e. The number of halogens is 3. The van der Waals surface area contributed by atoms with Gasteiger partial charge in [-0.25, -0.2) is 0 Å². The van der Waals surface area contributed by atoms with E-state index in [2.05, 4.69) is 6.58 Å². The molecule has 0 unspecified atom stereocenters. The van der Waals surface area contributed by atoms with Crippen molar-refractivity contribution in [1.29, 1.82) is 0 Å². The van der Waals surface area contributed by atoms with E-state index in [1.165, 1.54) is 18.2 Å². The number of alkyl halides is 3. The Morgan fingerprint density at radius 1 is 1.00 bits per heavy atom. The van der Waals surface area contributed by atoms with Crippen molar-refractivity contribution in [2.75, 3.05) is 0 Å². The highest BCUT2D eigenvalue weighted by Crippen LogP contribution is 2.37. The first-order chi connectivity index (χ1) is 7.54. The van der Waals surface area contributed by atoms with E-state index in [1.807, 2.05) is 0 Å². The zero-order chi connectivity index (χ0) is 11.8. The second-order valence-corrected chi connectivity index (χ2v) is 3.45. The Morgan fingerprint density at radius 3 is 2.31 bits per heavy atom. The molecule has 0 nitrogen and oxygen atoms in total. The van der Waals surface area contributed by atoms with Gasteiger partial charge < -0.3 is 0 Å². The largest absolute Gasteiger partial charge is 0.417 e. The van der Waals surface area contributed by atoms with E-state index in [9.17, 15) is 13.2 Å². The van der Waals surface area contributed by atoms with Gasteiger partial charge in [-0.1, -0.05) is 49.1 Å². The molecule has 3 heteroatoms. The summed E-state index contributed by atoms with van der Waals surface area (Å²) in [5, 5.41) is 0.799. The first-order valence-corrected chi connectivity index (χ1v) is 4.75. The Balaban J connectivity index is 2.89. The summed E-state index contributed by atoms with van der Waals surface area (Å²) in [5.41, 5.74) is -0.494. The van der Waals surface area contributed by atoms with Gasteiger partial charge in [-0.15, -0.1) is 0 Å². The van der Waals surface area contributed by atoms with Crippen molar-refractivity contribution in [3.8, 4) is 0 Å². The van der Waals surface area contributed by atoms with Gasteiger partial charge in [-0.05, 0) is 16.3 Å². The SMILES string of the molecule is C=Cc1ccc2ccccc2c1C(F)(F)F. The molecule has 2 rings (SSSR count). The van der Waals surface area contributed by atoms with E-state index in [-0.39, 0.29) is 10.9 Å². The number of hydrogen-bond donors (Lipinski definition) is 0. The molecule has 0 radical (unpaired) electrons. The van der Waals surface area contributed by atoms with Crippen molar-refractivity contribution >= 4 is 16.8 Å². The molecular weight excluding hydrogens is 213 g/mol. The number of benzene rings is 2. The van der Waals surface area contributed by atoms with Crippen LogP contribution in [0.2, 0.25) is 0 Å². The predicted octanol–water partition coefficient (Wildman–Crippen LogP) is 4.50. The van der Waals surface area contributed by atoms with Gasteiger partial charge in [0.05, 0.1) is 5.56 Å². The minimum absolute atomic E-state index is 0.117. The molecule has 0 bridgehead atoms. The summed E-state index contributed by atoms with van der Waals surface area (Å²) in [6, 6.07) is 9.57. The Labute approximate surface area is 91.0 Å². The Kier molecular flexibility index (Phi) is 2.46. The van der Waals surface area contributed by atoms with Crippen molar-refractivity contribution in [3.63, 3.8) is 0 Å². The van der Waals surface area contributed by atoms with Gasteiger partial charge in [-0.3, -0.25) is 0 Å². The van der Waals surface area contributed by atoms with Crippen LogP contribution in [0.15, 0.2) is 43.0 Å². The highest BCUT2D eigenvalue weighted by molar-refractivity contribution is 5.89. The van der Waals surface area contributed by atoms with Crippen LogP contribution in [0.4, 0.5) is 13.2 Å². The molecular formula is C13H9F3. The lowest BCUT2D eigenvalue weighted by Gasteiger charge is -2.13. The molecule has 0 aliphatic rings. The van der Waals surface area contributed by atoms with Crippen molar-refractivity contribution in [2.45, 2.75) is 6.18 Å². The summed E-state index contributed by atoms with van der Waals surface area (Å²) in [7, 11) is 0. The fraction of sp³-hybridized carbons (Fsp3) is 0.0769. The molecule has 0 aromatic heterocycles. The molecule has 2 aromatic rings. The minimum atomic E-state index is -4.36. The van der Waals surface area contributed by atoms with Gasteiger partial charge in [0.1, 0.15) is 0 Å². The topological polar surface area (TPSA) is 0 Å². The van der Waals surface area contributed by atoms with Crippen LogP contribution >= 0.6 is 0 Å². The van der Waals surface area contributed by atoms with E-state index < -0.39 is 11.7 Å². The molecule has 16 heavy (non-hydrogen) atoms. The zero-order valence-electron chi connectivity index (χ0n) is 8.38. The summed E-state index contributed by atoms with van der Waals surface area (Å²) >= 11 is 0. The molecule has 0 saturated carbocycles. The molecule has 82 valence electrons. The first kappa shape index (κ1) is 10.7. The summed E-state index contributed by atoms with van der Waals surface area (Å²) < 4.78 is 38.8. The molecule has 0 atom stereocenters. The molecule has 0 heterocycles. The average molecular weight is 222 g/mol. The molecule has 0 amide bonds. The molecule has 0 saturated heterocycles. The van der Waals surface area contributed by atoms with Gasteiger partial charge in [0.25, 0.3) is 0 Å². The van der Waals surface area contributed by atoms with Gasteiger partial charge in [0, 0.05) is 0 Å². The molecule has 0 aliphatic heterocycles. The van der Waals surface area contributed by atoms with Crippen molar-refractivity contribution in [3.05, 3.63) is 54.1 Å². The maximum Gasteiger partial charge on any atom is 0.417 e. The Morgan fingerprint density at radius 2 is 1.69 bits per heavy atom. The standard InChI is InChI=1S/C13H9F3/c1-2-9-7-8-10-5-3-4-6-11(10)12(9)13(14,15)16/h2-8H,1H2. The van der Waals surface area contributed by atoms with Crippen LogP contribution in [0.1, 0.15) is 11.1 Å². The summed E-state index contributed by atoms with van der Waals surface area (Å²) in [6.07, 6.45) is -3.13. The molecule has 0 aliphatic carbocycles. The lowest BCUT2D eigenvalue weighted by molar-refractivity contribution is -0.136. The number of rotatable bonds is 1. The number of hydrogen-bond acceptors (Lipinski definition) is 0. The highest BCUT2D eigenvalue weighted by Gasteiger charge is 2.34. The van der Waals surface area contributed by atoms with Gasteiger partial charge in [-0.2, -0.15) is 13.2 Å². The van der Waals surface area contributed by atoms with Crippen LogP contribution in [0.3, 0.4) is 0 Å². The van der Waals surface area contributed by atoms with Gasteiger partial charge in [0.15, 0.2) is 0 Å². The third kappa shape index (κ3) is 1.69. The fourth-order valence-corrected chi connectivity index (χ4v) is 1.77. The maximum atomic E-state index is 12.9. The predicted molar refractivity (Wildman–Crippen MR) is 59.0 cm³/mol. The van der Waals surface area contributed by atoms with Crippen molar-refractivity contribution in [1.82, 2.24) is 0 Å². The van der Waals surface area contributed by atoms with Crippen LogP contribution < -0.4 is 0 Å². The van der Waals surface area contributed by atoms with Gasteiger partial charge >= 0.3 is 6.18 Å². The smallest absolute Gasteiger partial charge is 0.166 e. The lowest BCUT2D eigenvalue weighted by atomic mass is 9.98. The van der Waals surface area contributed by atoms with Crippen molar-refractivity contribution in [2.24, 2.45) is 0 Å². The third-order valence-corrected chi connectivity index (χ3v) is 2.46. The fourth-order valence-electron chi connectivity index (χ4n) is 1.77. The third-order valence-electron chi connectivity index (χ3n) is 2.46. The van der Waals surface area contributed by atoms with E-state index in [0.717, 1.165) is 0 Å². The van der Waals surface area contributed by atoms with Crippen LogP contribution in [0, 0.1) is 0 Å². The maximum absolute atomic E-state index is 12.9. The number of fused-ring (bicyclic) bond motifs is 1. The molecule has 0 fully saturated rings. The van der Waals surface area contributed by atoms with E-state index in [4.69, 9.17) is 0 Å². The second-order valence-electron chi connectivity index (χ2n) is 3.45. The quantitative estimate of drug-likeness (QED) is 0.666. The van der Waals surface area contributed by atoms with E-state index in [0.29, 0.717) is 5.39 Å². The summed E-state index contributed by atoms with van der Waals surface area (Å²) in [4.78, 5) is 0. The molecule has 2 aromatic carbocycles. The average Bonchev–Trinajstić information content (AvgIpc) is 2.26. The first-order valence-electron chi connectivity index (χ1n) is 4.75. The summed E-state index contributed by atoms with van der Waals surface area (Å²) in [6.45, 7) is 3.41. The van der Waals surface area contributed by atoms with E-state index in [1.54, 1.807) is 24.3 Å². The zero-order valence-corrected chi connectivity index (χ0v) is 8.38. The molecule has 0 N–H and O–H groups in total. The molecule has 0 spiro atoms. The summed E-state index contributed by atoms with van der Waals surface area (Å²) in [5.74, 6) is 0. The van der Waals surface area contributed by atoms with Crippen LogP contribution in [0.25, 0.3) is 16.8 Å². The van der Waals surface area contributed by atoms with Crippen LogP contribution in [0.5, 0.6) is 0 Å². The van der Waals surface area contributed by atoms with Crippen LogP contribution in [-0.2, 0) is 6.18 Å². The van der Waals surface area contributed by atoms with Gasteiger partial charge in [0.2, 0.25) is 0 Å².